The first-order valence-electron chi connectivity index (χ1n) is 5.03. The first kappa shape index (κ1) is 16.9. The Hall–Kier alpha value is -1.20. The van der Waals surface area contributed by atoms with Crippen LogP contribution in [0.5, 0.6) is 0 Å². The van der Waals surface area contributed by atoms with Gasteiger partial charge in [0, 0.05) is 22.4 Å². The van der Waals surface area contributed by atoms with Crippen molar-refractivity contribution >= 4 is 56.9 Å². The Bertz CT molecular complexity index is 579. The van der Waals surface area contributed by atoms with Crippen molar-refractivity contribution in [3.05, 3.63) is 58.1 Å². The molecule has 0 saturated heterocycles. The molecule has 0 aliphatic heterocycles. The van der Waals surface area contributed by atoms with E-state index in [9.17, 15) is 9.59 Å². The summed E-state index contributed by atoms with van der Waals surface area (Å²) in [6, 6.07) is 5.98. The second kappa shape index (κ2) is 8.17. The lowest BCUT2D eigenvalue weighted by Crippen LogP contribution is -1.91. The minimum absolute atomic E-state index is 0.175. The third-order valence-corrected chi connectivity index (χ3v) is 2.70. The van der Waals surface area contributed by atoms with Crippen LogP contribution in [0, 0.1) is 0 Å². The Morgan fingerprint density at radius 2 is 1.15 bits per heavy atom. The zero-order valence-corrected chi connectivity index (χ0v) is 12.7. The monoisotopic (exact) mass is 350 g/mol. The smallest absolute Gasteiger partial charge is 0.270 e. The van der Waals surface area contributed by atoms with Crippen LogP contribution in [0.3, 0.4) is 0 Å². The zero-order valence-electron chi connectivity index (χ0n) is 9.69. The average molecular weight is 352 g/mol. The van der Waals surface area contributed by atoms with E-state index in [-0.39, 0.29) is 11.4 Å². The number of carbonyl (C=O) groups excluding carboxylic acids is 2. The van der Waals surface area contributed by atoms with Crippen molar-refractivity contribution in [2.45, 2.75) is 0 Å². The van der Waals surface area contributed by atoms with Gasteiger partial charge in [0.15, 0.2) is 0 Å². The molecule has 2 rings (SSSR count). The predicted octanol–water partition coefficient (Wildman–Crippen LogP) is 4.23. The van der Waals surface area contributed by atoms with Crippen molar-refractivity contribution in [3.8, 4) is 0 Å². The maximum absolute atomic E-state index is 10.4. The molecule has 4 nitrogen and oxygen atoms in total. The minimum atomic E-state index is -0.595. The molecule has 0 unspecified atom stereocenters. The Labute approximate surface area is 134 Å². The molecule has 0 saturated carbocycles. The van der Waals surface area contributed by atoms with Crippen molar-refractivity contribution in [3.63, 3.8) is 0 Å². The second-order valence-electron chi connectivity index (χ2n) is 3.27. The molecule has 2 aromatic rings. The summed E-state index contributed by atoms with van der Waals surface area (Å²) in [5.41, 5.74) is 0.350. The van der Waals surface area contributed by atoms with E-state index in [4.69, 9.17) is 46.4 Å². The van der Waals surface area contributed by atoms with Gasteiger partial charge >= 0.3 is 0 Å². The molecule has 0 spiro atoms. The molecule has 8 heteroatoms. The molecule has 20 heavy (non-hydrogen) atoms. The van der Waals surface area contributed by atoms with Crippen molar-refractivity contribution in [1.29, 1.82) is 0 Å². The maximum atomic E-state index is 10.4. The minimum Gasteiger partial charge on any atom is -0.274 e. The number of aromatic nitrogens is 2. The quantitative estimate of drug-likeness (QED) is 0.759. The highest BCUT2D eigenvalue weighted by Crippen LogP contribution is 2.09. The van der Waals surface area contributed by atoms with E-state index in [2.05, 4.69) is 9.97 Å². The fraction of sp³-hybridized carbons (Fsp3) is 0. The molecule has 0 radical (unpaired) electrons. The molecular formula is C12H6Cl4N2O2. The van der Waals surface area contributed by atoms with Crippen molar-refractivity contribution in [2.75, 3.05) is 0 Å². The lowest BCUT2D eigenvalue weighted by molar-refractivity contribution is 0.106. The number of rotatable bonds is 2. The van der Waals surface area contributed by atoms with Gasteiger partial charge < -0.3 is 0 Å². The number of pyridine rings is 2. The topological polar surface area (TPSA) is 59.9 Å². The number of nitrogens with zero attached hydrogens (tertiary/aromatic N) is 2. The largest absolute Gasteiger partial charge is 0.274 e. The first-order valence-corrected chi connectivity index (χ1v) is 6.54. The molecule has 104 valence electrons. The van der Waals surface area contributed by atoms with Crippen LogP contribution in [0.25, 0.3) is 0 Å². The van der Waals surface area contributed by atoms with E-state index in [0.717, 1.165) is 0 Å². The molecule has 2 heterocycles. The highest BCUT2D eigenvalue weighted by molar-refractivity contribution is 6.67. The van der Waals surface area contributed by atoms with Crippen LogP contribution >= 0.6 is 46.4 Å². The molecule has 0 amide bonds. The average Bonchev–Trinajstić information content (AvgIpc) is 2.39. The highest BCUT2D eigenvalue weighted by atomic mass is 35.5. The molecule has 0 aliphatic rings. The van der Waals surface area contributed by atoms with Crippen LogP contribution in [0.15, 0.2) is 36.7 Å². The third kappa shape index (κ3) is 5.84. The number of carbonyl (C=O) groups is 2. The standard InChI is InChI=1S/2C6H3Cl2NO/c2*7-4-1-2-9-5(3-4)6(8)10/h2*1-3H. The first-order chi connectivity index (χ1) is 9.40. The lowest BCUT2D eigenvalue weighted by atomic mass is 10.4. The van der Waals surface area contributed by atoms with E-state index >= 15 is 0 Å². The van der Waals surface area contributed by atoms with Crippen molar-refractivity contribution < 1.29 is 9.59 Å². The van der Waals surface area contributed by atoms with E-state index in [1.807, 2.05) is 0 Å². The van der Waals surface area contributed by atoms with Gasteiger partial charge in [0.25, 0.3) is 10.5 Å². The Morgan fingerprint density at radius 1 is 0.800 bits per heavy atom. The summed E-state index contributed by atoms with van der Waals surface area (Å²) in [5, 5.41) is -0.275. The molecular weight excluding hydrogens is 346 g/mol. The Morgan fingerprint density at radius 3 is 1.35 bits per heavy atom. The molecule has 2 aromatic heterocycles. The van der Waals surface area contributed by atoms with Crippen LogP contribution in [0.4, 0.5) is 0 Å². The second-order valence-corrected chi connectivity index (χ2v) is 4.83. The van der Waals surface area contributed by atoms with Crippen molar-refractivity contribution in [2.24, 2.45) is 0 Å². The maximum Gasteiger partial charge on any atom is 0.270 e. The lowest BCUT2D eigenvalue weighted by Gasteiger charge is -1.90. The fourth-order valence-electron chi connectivity index (χ4n) is 1.02. The summed E-state index contributed by atoms with van der Waals surface area (Å²) in [6.07, 6.45) is 2.86. The Balaban J connectivity index is 0.000000200. The summed E-state index contributed by atoms with van der Waals surface area (Å²) in [4.78, 5) is 28.2. The Kier molecular flexibility index (Phi) is 6.88. The van der Waals surface area contributed by atoms with Gasteiger partial charge in [-0.25, -0.2) is 0 Å². The zero-order chi connectivity index (χ0) is 15.1. The summed E-state index contributed by atoms with van der Waals surface area (Å²) in [7, 11) is 0. The summed E-state index contributed by atoms with van der Waals surface area (Å²) >= 11 is 21.3. The summed E-state index contributed by atoms with van der Waals surface area (Å²) in [6.45, 7) is 0. The fourth-order valence-corrected chi connectivity index (χ4v) is 1.55. The van der Waals surface area contributed by atoms with Gasteiger partial charge in [0.1, 0.15) is 11.4 Å². The van der Waals surface area contributed by atoms with E-state index in [0.29, 0.717) is 10.0 Å². The summed E-state index contributed by atoms with van der Waals surface area (Å²) in [5.74, 6) is 0. The van der Waals surface area contributed by atoms with E-state index in [1.165, 1.54) is 24.5 Å². The van der Waals surface area contributed by atoms with Crippen LogP contribution < -0.4 is 0 Å². The molecule has 0 N–H and O–H groups in total. The van der Waals surface area contributed by atoms with Gasteiger partial charge in [-0.15, -0.1) is 0 Å². The van der Waals surface area contributed by atoms with Gasteiger partial charge in [0.2, 0.25) is 0 Å². The summed E-state index contributed by atoms with van der Waals surface area (Å²) < 4.78 is 0. The van der Waals surface area contributed by atoms with E-state index < -0.39 is 10.5 Å². The SMILES string of the molecule is O=C(Cl)c1cc(Cl)ccn1.O=C(Cl)c1cc(Cl)ccn1. The van der Waals surface area contributed by atoms with Crippen LogP contribution in [0.1, 0.15) is 21.0 Å². The third-order valence-electron chi connectivity index (χ3n) is 1.85. The van der Waals surface area contributed by atoms with Crippen molar-refractivity contribution in [1.82, 2.24) is 9.97 Å². The van der Waals surface area contributed by atoms with Gasteiger partial charge in [-0.3, -0.25) is 19.6 Å². The van der Waals surface area contributed by atoms with Crippen LogP contribution in [0.2, 0.25) is 10.0 Å². The molecule has 0 aromatic carbocycles. The van der Waals surface area contributed by atoms with Gasteiger partial charge in [-0.2, -0.15) is 0 Å². The van der Waals surface area contributed by atoms with Gasteiger partial charge in [-0.05, 0) is 47.5 Å². The molecule has 0 aliphatic carbocycles. The molecule has 0 bridgehead atoms. The van der Waals surface area contributed by atoms with Crippen LogP contribution in [-0.2, 0) is 0 Å². The molecule has 0 atom stereocenters. The predicted molar refractivity (Wildman–Crippen MR) is 78.9 cm³/mol. The number of hydrogen-bond donors (Lipinski definition) is 0. The highest BCUT2D eigenvalue weighted by Gasteiger charge is 2.02. The normalized spacial score (nSPS) is 9.40. The number of halogens is 4. The van der Waals surface area contributed by atoms with E-state index in [1.54, 1.807) is 12.1 Å². The van der Waals surface area contributed by atoms with Gasteiger partial charge in [-0.1, -0.05) is 23.2 Å². The van der Waals surface area contributed by atoms with Crippen LogP contribution in [-0.4, -0.2) is 20.5 Å². The number of hydrogen-bond acceptors (Lipinski definition) is 4. The van der Waals surface area contributed by atoms with Gasteiger partial charge in [0.05, 0.1) is 0 Å². The molecule has 0 fully saturated rings.